The SMILES string of the molecule is CCN1CCN(C(C(=O)NN)c2ccccc2)C(=O)C1=O. The molecule has 1 saturated heterocycles. The van der Waals surface area contributed by atoms with E-state index in [-0.39, 0.29) is 0 Å². The van der Waals surface area contributed by atoms with Crippen molar-refractivity contribution in [2.75, 3.05) is 19.6 Å². The summed E-state index contributed by atoms with van der Waals surface area (Å²) in [6.07, 6.45) is 0. The van der Waals surface area contributed by atoms with Crippen LogP contribution in [0.15, 0.2) is 30.3 Å². The Hall–Kier alpha value is -2.41. The molecule has 1 aliphatic heterocycles. The van der Waals surface area contributed by atoms with Crippen molar-refractivity contribution in [2.24, 2.45) is 5.84 Å². The summed E-state index contributed by atoms with van der Waals surface area (Å²) in [5, 5.41) is 0. The first-order chi connectivity index (χ1) is 10.1. The lowest BCUT2D eigenvalue weighted by molar-refractivity contribution is -0.159. The second-order valence-electron chi connectivity index (χ2n) is 4.71. The Morgan fingerprint density at radius 3 is 2.48 bits per heavy atom. The zero-order valence-corrected chi connectivity index (χ0v) is 11.8. The molecule has 0 radical (unpaired) electrons. The molecule has 112 valence electrons. The first-order valence-corrected chi connectivity index (χ1v) is 6.75. The maximum atomic E-state index is 12.2. The molecule has 0 aromatic heterocycles. The number of carbonyl (C=O) groups is 3. The molecule has 1 aromatic rings. The van der Waals surface area contributed by atoms with E-state index in [1.807, 2.05) is 13.0 Å². The van der Waals surface area contributed by atoms with Gasteiger partial charge in [0.2, 0.25) is 0 Å². The second kappa shape index (κ2) is 6.36. The summed E-state index contributed by atoms with van der Waals surface area (Å²) in [6.45, 7) is 2.98. The van der Waals surface area contributed by atoms with Gasteiger partial charge in [-0.15, -0.1) is 0 Å². The van der Waals surface area contributed by atoms with E-state index >= 15 is 0 Å². The van der Waals surface area contributed by atoms with Crippen LogP contribution in [-0.2, 0) is 14.4 Å². The number of carbonyl (C=O) groups excluding carboxylic acids is 3. The number of likely N-dealkylation sites (N-methyl/N-ethyl adjacent to an activating group) is 1. The van der Waals surface area contributed by atoms with Crippen molar-refractivity contribution < 1.29 is 14.4 Å². The molecule has 7 heteroatoms. The Morgan fingerprint density at radius 1 is 1.24 bits per heavy atom. The molecule has 7 nitrogen and oxygen atoms in total. The van der Waals surface area contributed by atoms with Gasteiger partial charge in [0, 0.05) is 19.6 Å². The molecule has 1 aromatic carbocycles. The van der Waals surface area contributed by atoms with Crippen LogP contribution >= 0.6 is 0 Å². The highest BCUT2D eigenvalue weighted by Gasteiger charge is 2.39. The first-order valence-electron chi connectivity index (χ1n) is 6.75. The number of hydrazine groups is 1. The third-order valence-electron chi connectivity index (χ3n) is 3.54. The number of nitrogens with one attached hydrogen (secondary N) is 1. The molecule has 1 fully saturated rings. The van der Waals surface area contributed by atoms with Crippen molar-refractivity contribution in [1.29, 1.82) is 0 Å². The molecule has 0 spiro atoms. The van der Waals surface area contributed by atoms with Gasteiger partial charge in [-0.1, -0.05) is 30.3 Å². The number of benzene rings is 1. The number of amides is 3. The van der Waals surface area contributed by atoms with Gasteiger partial charge in [0.1, 0.15) is 6.04 Å². The summed E-state index contributed by atoms with van der Waals surface area (Å²) in [5.41, 5.74) is 2.68. The molecule has 0 bridgehead atoms. The van der Waals surface area contributed by atoms with Gasteiger partial charge < -0.3 is 9.80 Å². The predicted molar refractivity (Wildman–Crippen MR) is 75.5 cm³/mol. The summed E-state index contributed by atoms with van der Waals surface area (Å²) in [5.74, 6) is 3.43. The molecular formula is C14H18N4O3. The molecule has 2 rings (SSSR count). The maximum absolute atomic E-state index is 12.2. The van der Waals surface area contributed by atoms with Crippen LogP contribution in [-0.4, -0.2) is 47.2 Å². The molecular weight excluding hydrogens is 272 g/mol. The standard InChI is InChI=1S/C14H18N4O3/c1-2-17-8-9-18(14(21)13(17)20)11(12(19)16-15)10-6-4-3-5-7-10/h3-7,11H,2,8-9,15H2,1H3,(H,16,19). The van der Waals surface area contributed by atoms with Crippen LogP contribution in [0, 0.1) is 0 Å². The van der Waals surface area contributed by atoms with Crippen molar-refractivity contribution in [2.45, 2.75) is 13.0 Å². The lowest BCUT2D eigenvalue weighted by atomic mass is 10.0. The molecule has 0 aliphatic carbocycles. The van der Waals surface area contributed by atoms with E-state index in [9.17, 15) is 14.4 Å². The summed E-state index contributed by atoms with van der Waals surface area (Å²) in [4.78, 5) is 39.0. The predicted octanol–water partition coefficient (Wildman–Crippen LogP) is -0.592. The van der Waals surface area contributed by atoms with E-state index in [0.717, 1.165) is 0 Å². The second-order valence-corrected chi connectivity index (χ2v) is 4.71. The van der Waals surface area contributed by atoms with Gasteiger partial charge >= 0.3 is 11.8 Å². The zero-order valence-electron chi connectivity index (χ0n) is 11.8. The fourth-order valence-corrected chi connectivity index (χ4v) is 2.42. The fraction of sp³-hybridized carbons (Fsp3) is 0.357. The molecule has 21 heavy (non-hydrogen) atoms. The lowest BCUT2D eigenvalue weighted by Gasteiger charge is -2.37. The number of nitrogens with two attached hydrogens (primary N) is 1. The third-order valence-corrected chi connectivity index (χ3v) is 3.54. The Bertz CT molecular complexity index is 546. The normalized spacial score (nSPS) is 16.9. The van der Waals surface area contributed by atoms with E-state index in [1.54, 1.807) is 24.3 Å². The van der Waals surface area contributed by atoms with Gasteiger partial charge in [0.15, 0.2) is 0 Å². The van der Waals surface area contributed by atoms with Gasteiger partial charge in [-0.2, -0.15) is 0 Å². The molecule has 1 unspecified atom stereocenters. The van der Waals surface area contributed by atoms with Gasteiger partial charge in [-0.05, 0) is 12.5 Å². The fourth-order valence-electron chi connectivity index (χ4n) is 2.42. The number of piperazine rings is 1. The molecule has 1 heterocycles. The van der Waals surface area contributed by atoms with Gasteiger partial charge in [-0.3, -0.25) is 19.8 Å². The maximum Gasteiger partial charge on any atom is 0.313 e. The van der Waals surface area contributed by atoms with Crippen LogP contribution in [0.5, 0.6) is 0 Å². The quantitative estimate of drug-likeness (QED) is 0.335. The van der Waals surface area contributed by atoms with Crippen LogP contribution in [0.4, 0.5) is 0 Å². The zero-order chi connectivity index (χ0) is 15.4. The summed E-state index contributed by atoms with van der Waals surface area (Å²) in [7, 11) is 0. The minimum absolute atomic E-state index is 0.297. The average molecular weight is 290 g/mol. The van der Waals surface area contributed by atoms with Crippen molar-refractivity contribution >= 4 is 17.7 Å². The van der Waals surface area contributed by atoms with Crippen molar-refractivity contribution in [3.05, 3.63) is 35.9 Å². The molecule has 1 aliphatic rings. The third kappa shape index (κ3) is 2.87. The summed E-state index contributed by atoms with van der Waals surface area (Å²) < 4.78 is 0. The smallest absolute Gasteiger partial charge is 0.313 e. The minimum Gasteiger partial charge on any atom is -0.333 e. The summed E-state index contributed by atoms with van der Waals surface area (Å²) >= 11 is 0. The van der Waals surface area contributed by atoms with E-state index in [1.165, 1.54) is 9.80 Å². The van der Waals surface area contributed by atoms with Crippen LogP contribution in [0.25, 0.3) is 0 Å². The number of hydrogen-bond donors (Lipinski definition) is 2. The van der Waals surface area contributed by atoms with Crippen LogP contribution in [0.1, 0.15) is 18.5 Å². The summed E-state index contributed by atoms with van der Waals surface area (Å²) in [6, 6.07) is 7.89. The number of hydrogen-bond acceptors (Lipinski definition) is 4. The Labute approximate surface area is 122 Å². The van der Waals surface area contributed by atoms with Crippen molar-refractivity contribution in [3.63, 3.8) is 0 Å². The highest BCUT2D eigenvalue weighted by Crippen LogP contribution is 2.23. The highest BCUT2D eigenvalue weighted by atomic mass is 16.2. The van der Waals surface area contributed by atoms with Gasteiger partial charge in [0.05, 0.1) is 0 Å². The monoisotopic (exact) mass is 290 g/mol. The Balaban J connectivity index is 2.32. The Morgan fingerprint density at radius 2 is 1.90 bits per heavy atom. The minimum atomic E-state index is -0.897. The molecule has 3 N–H and O–H groups in total. The number of rotatable bonds is 4. The van der Waals surface area contributed by atoms with Gasteiger partial charge in [-0.25, -0.2) is 5.84 Å². The van der Waals surface area contributed by atoms with Crippen molar-refractivity contribution in [1.82, 2.24) is 15.2 Å². The van der Waals surface area contributed by atoms with Crippen LogP contribution < -0.4 is 11.3 Å². The topological polar surface area (TPSA) is 95.7 Å². The lowest BCUT2D eigenvalue weighted by Crippen LogP contribution is -2.57. The van der Waals surface area contributed by atoms with Crippen molar-refractivity contribution in [3.8, 4) is 0 Å². The molecule has 0 saturated carbocycles. The highest BCUT2D eigenvalue weighted by molar-refractivity contribution is 6.35. The van der Waals surface area contributed by atoms with E-state index in [2.05, 4.69) is 5.43 Å². The van der Waals surface area contributed by atoms with Crippen LogP contribution in [0.3, 0.4) is 0 Å². The van der Waals surface area contributed by atoms with E-state index in [4.69, 9.17) is 5.84 Å². The largest absolute Gasteiger partial charge is 0.333 e. The average Bonchev–Trinajstić information content (AvgIpc) is 2.52. The first kappa shape index (κ1) is 15.0. The molecule has 1 atom stereocenters. The Kier molecular flexibility index (Phi) is 4.54. The number of nitrogens with zero attached hydrogens (tertiary/aromatic N) is 2. The van der Waals surface area contributed by atoms with Crippen LogP contribution in [0.2, 0.25) is 0 Å². The van der Waals surface area contributed by atoms with E-state index < -0.39 is 23.8 Å². The van der Waals surface area contributed by atoms with Gasteiger partial charge in [0.25, 0.3) is 5.91 Å². The molecule has 3 amide bonds. The van der Waals surface area contributed by atoms with E-state index in [0.29, 0.717) is 25.2 Å².